The third-order valence-corrected chi connectivity index (χ3v) is 3.01. The summed E-state index contributed by atoms with van der Waals surface area (Å²) in [6.07, 6.45) is 1.83. The Hall–Kier alpha value is -0.410. The molecular formula is C6H4NS2. The lowest BCUT2D eigenvalue weighted by atomic mass is 10.5. The Bertz CT molecular complexity index is 216. The molecule has 0 unspecified atom stereocenters. The van der Waals surface area contributed by atoms with E-state index < -0.39 is 0 Å². The first-order valence-corrected chi connectivity index (χ1v) is 4.33. The van der Waals surface area contributed by atoms with Crippen LogP contribution in [0.1, 0.15) is 0 Å². The minimum atomic E-state index is 1.12. The number of thiophene rings is 1. The second-order valence-corrected chi connectivity index (χ2v) is 3.72. The fourth-order valence-corrected chi connectivity index (χ4v) is 2.28. The van der Waals surface area contributed by atoms with Gasteiger partial charge in [0, 0.05) is 6.20 Å². The van der Waals surface area contributed by atoms with Gasteiger partial charge in [-0.2, -0.15) is 0 Å². The standard InChI is InChI=1S/C6H4NS2/c1-3-8-6-5(1)7-2-4-9-6/h1-4H. The van der Waals surface area contributed by atoms with Crippen molar-refractivity contribution in [2.24, 2.45) is 0 Å². The van der Waals surface area contributed by atoms with Gasteiger partial charge in [0.2, 0.25) is 0 Å². The molecule has 0 saturated heterocycles. The summed E-state index contributed by atoms with van der Waals surface area (Å²) in [4.78, 5) is 0. The van der Waals surface area contributed by atoms with Crippen LogP contribution in [-0.4, -0.2) is 0 Å². The van der Waals surface area contributed by atoms with Crippen LogP contribution in [0.2, 0.25) is 0 Å². The largest absolute Gasteiger partial charge is 0.254 e. The average Bonchev–Trinajstić information content (AvgIpc) is 2.33. The van der Waals surface area contributed by atoms with Gasteiger partial charge in [-0.05, 0) is 16.9 Å². The molecule has 1 radical (unpaired) electrons. The highest BCUT2D eigenvalue weighted by Gasteiger charge is 2.05. The molecule has 0 amide bonds. The third kappa shape index (κ3) is 0.862. The van der Waals surface area contributed by atoms with Crippen LogP contribution >= 0.6 is 23.1 Å². The highest BCUT2D eigenvalue weighted by Crippen LogP contribution is 2.36. The van der Waals surface area contributed by atoms with Crippen molar-refractivity contribution in [1.82, 2.24) is 5.32 Å². The highest BCUT2D eigenvalue weighted by molar-refractivity contribution is 8.04. The van der Waals surface area contributed by atoms with Crippen LogP contribution in [0.15, 0.2) is 27.3 Å². The number of thioether (sulfide) groups is 1. The molecule has 3 heteroatoms. The SMILES string of the molecule is C1=CSc2sccc2[N]1. The first-order valence-electron chi connectivity index (χ1n) is 2.57. The molecule has 0 spiro atoms. The van der Waals surface area contributed by atoms with Gasteiger partial charge in [0.05, 0.1) is 9.90 Å². The normalized spacial score (nSPS) is 14.7. The topological polar surface area (TPSA) is 14.1 Å². The van der Waals surface area contributed by atoms with E-state index in [9.17, 15) is 0 Å². The quantitative estimate of drug-likeness (QED) is 0.560. The smallest absolute Gasteiger partial charge is 0.0898 e. The summed E-state index contributed by atoms with van der Waals surface area (Å²) in [5.74, 6) is 0. The first kappa shape index (κ1) is 5.38. The summed E-state index contributed by atoms with van der Waals surface area (Å²) in [7, 11) is 0. The third-order valence-electron chi connectivity index (χ3n) is 1.06. The Labute approximate surface area is 61.8 Å². The zero-order valence-electron chi connectivity index (χ0n) is 4.57. The highest BCUT2D eigenvalue weighted by atomic mass is 32.2. The van der Waals surface area contributed by atoms with Crippen molar-refractivity contribution in [3.8, 4) is 0 Å². The molecule has 1 nitrogen and oxygen atoms in total. The molecule has 1 aromatic rings. The maximum Gasteiger partial charge on any atom is 0.0898 e. The summed E-state index contributed by atoms with van der Waals surface area (Å²) in [5.41, 5.74) is 1.12. The number of rotatable bonds is 0. The summed E-state index contributed by atoms with van der Waals surface area (Å²) >= 11 is 3.48. The fraction of sp³-hybridized carbons (Fsp3) is 0. The molecule has 1 aromatic heterocycles. The van der Waals surface area contributed by atoms with Crippen molar-refractivity contribution in [3.63, 3.8) is 0 Å². The van der Waals surface area contributed by atoms with E-state index in [2.05, 4.69) is 10.7 Å². The van der Waals surface area contributed by atoms with Crippen molar-refractivity contribution < 1.29 is 0 Å². The van der Waals surface area contributed by atoms with Crippen molar-refractivity contribution in [1.29, 1.82) is 0 Å². The van der Waals surface area contributed by atoms with Crippen molar-refractivity contribution >= 4 is 28.8 Å². The number of nitrogens with zero attached hydrogens (tertiary/aromatic N) is 1. The lowest BCUT2D eigenvalue weighted by molar-refractivity contribution is 1.16. The van der Waals surface area contributed by atoms with Crippen LogP contribution in [0.5, 0.6) is 0 Å². The van der Waals surface area contributed by atoms with Gasteiger partial charge >= 0.3 is 0 Å². The summed E-state index contributed by atoms with van der Waals surface area (Å²) < 4.78 is 1.30. The number of hydrogen-bond donors (Lipinski definition) is 0. The van der Waals surface area contributed by atoms with E-state index in [1.165, 1.54) is 4.21 Å². The Morgan fingerprint density at radius 3 is 3.33 bits per heavy atom. The van der Waals surface area contributed by atoms with E-state index in [-0.39, 0.29) is 0 Å². The van der Waals surface area contributed by atoms with Crippen LogP contribution in [0, 0.1) is 0 Å². The van der Waals surface area contributed by atoms with Gasteiger partial charge in [-0.3, -0.25) is 5.32 Å². The predicted octanol–water partition coefficient (Wildman–Crippen LogP) is 2.56. The van der Waals surface area contributed by atoms with Crippen LogP contribution in [-0.2, 0) is 0 Å². The maximum atomic E-state index is 4.16. The molecule has 0 fully saturated rings. The molecule has 2 rings (SSSR count). The molecule has 0 atom stereocenters. The van der Waals surface area contributed by atoms with Gasteiger partial charge in [0.25, 0.3) is 0 Å². The molecular weight excluding hydrogens is 150 g/mol. The van der Waals surface area contributed by atoms with Crippen LogP contribution < -0.4 is 5.32 Å². The van der Waals surface area contributed by atoms with Gasteiger partial charge in [0.15, 0.2) is 0 Å². The Morgan fingerprint density at radius 1 is 1.44 bits per heavy atom. The first-order chi connectivity index (χ1) is 4.47. The Balaban J connectivity index is 2.46. The van der Waals surface area contributed by atoms with E-state index in [0.29, 0.717) is 0 Å². The lowest BCUT2D eigenvalue weighted by Crippen LogP contribution is -1.86. The zero-order valence-corrected chi connectivity index (χ0v) is 6.21. The van der Waals surface area contributed by atoms with Gasteiger partial charge in [-0.25, -0.2) is 0 Å². The van der Waals surface area contributed by atoms with E-state index in [1.54, 1.807) is 23.1 Å². The molecule has 1 aliphatic rings. The monoisotopic (exact) mass is 154 g/mol. The second-order valence-electron chi connectivity index (χ2n) is 1.63. The summed E-state index contributed by atoms with van der Waals surface area (Å²) in [6.45, 7) is 0. The van der Waals surface area contributed by atoms with E-state index in [0.717, 1.165) is 5.69 Å². The van der Waals surface area contributed by atoms with Crippen molar-refractivity contribution in [3.05, 3.63) is 23.1 Å². The van der Waals surface area contributed by atoms with Crippen LogP contribution in [0.4, 0.5) is 5.69 Å². The molecule has 0 bridgehead atoms. The van der Waals surface area contributed by atoms with Crippen molar-refractivity contribution in [2.45, 2.75) is 4.21 Å². The van der Waals surface area contributed by atoms with Crippen molar-refractivity contribution in [2.75, 3.05) is 0 Å². The van der Waals surface area contributed by atoms with E-state index >= 15 is 0 Å². The lowest BCUT2D eigenvalue weighted by Gasteiger charge is -2.01. The summed E-state index contributed by atoms with van der Waals surface area (Å²) in [6, 6.07) is 2.04. The Kier molecular flexibility index (Phi) is 1.24. The molecule has 0 N–H and O–H groups in total. The molecule has 2 heterocycles. The van der Waals surface area contributed by atoms with Crippen LogP contribution in [0.3, 0.4) is 0 Å². The van der Waals surface area contributed by atoms with E-state index in [1.807, 2.05) is 17.7 Å². The molecule has 0 aliphatic carbocycles. The van der Waals surface area contributed by atoms with Crippen LogP contribution in [0.25, 0.3) is 0 Å². The molecule has 0 saturated carbocycles. The summed E-state index contributed by atoms with van der Waals surface area (Å²) in [5, 5.41) is 8.22. The Morgan fingerprint density at radius 2 is 2.44 bits per heavy atom. The van der Waals surface area contributed by atoms with Gasteiger partial charge in [0.1, 0.15) is 0 Å². The molecule has 9 heavy (non-hydrogen) atoms. The molecule has 0 aromatic carbocycles. The average molecular weight is 154 g/mol. The van der Waals surface area contributed by atoms with Gasteiger partial charge in [-0.1, -0.05) is 11.8 Å². The maximum absolute atomic E-state index is 4.16. The zero-order chi connectivity index (χ0) is 6.10. The van der Waals surface area contributed by atoms with Gasteiger partial charge in [-0.15, -0.1) is 11.3 Å². The van der Waals surface area contributed by atoms with Gasteiger partial charge < -0.3 is 0 Å². The molecule has 1 aliphatic heterocycles. The molecule has 45 valence electrons. The predicted molar refractivity (Wildman–Crippen MR) is 41.1 cm³/mol. The second kappa shape index (κ2) is 2.08. The minimum absolute atomic E-state index is 1.12. The fourth-order valence-electron chi connectivity index (χ4n) is 0.676. The minimum Gasteiger partial charge on any atom is -0.254 e. The number of hydrogen-bond acceptors (Lipinski definition) is 2. The van der Waals surface area contributed by atoms with E-state index in [4.69, 9.17) is 0 Å². The number of fused-ring (bicyclic) bond motifs is 1.